The van der Waals surface area contributed by atoms with Gasteiger partial charge in [-0.1, -0.05) is 17.8 Å². The first-order chi connectivity index (χ1) is 14.2. The average molecular weight is 421 g/mol. The van der Waals surface area contributed by atoms with Crippen LogP contribution in [0.15, 0.2) is 65.3 Å². The van der Waals surface area contributed by atoms with Crippen molar-refractivity contribution in [1.29, 1.82) is 0 Å². The number of thioether (sulfide) groups is 1. The van der Waals surface area contributed by atoms with Gasteiger partial charge in [0, 0.05) is 35.5 Å². The predicted molar refractivity (Wildman–Crippen MR) is 120 cm³/mol. The number of hydrogen-bond donors (Lipinski definition) is 1. The van der Waals surface area contributed by atoms with Crippen molar-refractivity contribution in [2.45, 2.75) is 18.1 Å². The second kappa shape index (κ2) is 7.57. The molecule has 1 aliphatic rings. The number of imidazole rings is 1. The number of fused-ring (bicyclic) bond motifs is 2. The smallest absolute Gasteiger partial charge is 0.276 e. The molecule has 29 heavy (non-hydrogen) atoms. The quantitative estimate of drug-likeness (QED) is 0.476. The van der Waals surface area contributed by atoms with E-state index in [1.807, 2.05) is 58.5 Å². The van der Waals surface area contributed by atoms with Gasteiger partial charge in [0.1, 0.15) is 0 Å². The minimum absolute atomic E-state index is 0.192. The summed E-state index contributed by atoms with van der Waals surface area (Å²) in [4.78, 5) is 21.2. The second-order valence-corrected chi connectivity index (χ2v) is 8.72. The lowest BCUT2D eigenvalue weighted by molar-refractivity contribution is 0.102. The highest BCUT2D eigenvalue weighted by Gasteiger charge is 2.19. The Balaban J connectivity index is 1.33. The first-order valence-corrected chi connectivity index (χ1v) is 11.6. The monoisotopic (exact) mass is 420 g/mol. The molecule has 0 aliphatic carbocycles. The lowest BCUT2D eigenvalue weighted by Crippen LogP contribution is -2.29. The van der Waals surface area contributed by atoms with Crippen molar-refractivity contribution in [3.05, 3.63) is 76.2 Å². The zero-order valence-corrected chi connectivity index (χ0v) is 17.6. The Morgan fingerprint density at radius 3 is 2.86 bits per heavy atom. The molecule has 4 aromatic rings. The highest BCUT2D eigenvalue weighted by Crippen LogP contribution is 2.28. The van der Waals surface area contributed by atoms with E-state index in [2.05, 4.69) is 38.8 Å². The van der Waals surface area contributed by atoms with Crippen molar-refractivity contribution in [3.8, 4) is 0 Å². The molecule has 0 bridgehead atoms. The molecule has 0 radical (unpaired) electrons. The standard InChI is InChI=1S/C22H20N4OS2/c1-28-22-24-20(18-4-2-3-11-26(18)22)21(27)23-16-5-7-17(8-6-16)25-12-9-19-15(14-25)10-13-29-19/h2-8,10-11,13H,9,12,14H2,1H3,(H,23,27). The third-order valence-electron chi connectivity index (χ3n) is 5.21. The fourth-order valence-corrected chi connectivity index (χ4v) is 5.16. The van der Waals surface area contributed by atoms with E-state index in [0.29, 0.717) is 5.69 Å². The summed E-state index contributed by atoms with van der Waals surface area (Å²) in [7, 11) is 0. The minimum Gasteiger partial charge on any atom is -0.367 e. The van der Waals surface area contributed by atoms with Crippen LogP contribution in [-0.2, 0) is 13.0 Å². The van der Waals surface area contributed by atoms with E-state index in [4.69, 9.17) is 0 Å². The molecule has 5 nitrogen and oxygen atoms in total. The number of carbonyl (C=O) groups excluding carboxylic acids is 1. The zero-order chi connectivity index (χ0) is 19.8. The number of carbonyl (C=O) groups is 1. The Labute approximate surface area is 177 Å². The number of anilines is 2. The molecule has 5 rings (SSSR count). The summed E-state index contributed by atoms with van der Waals surface area (Å²) in [5.74, 6) is -0.192. The molecule has 0 spiro atoms. The maximum absolute atomic E-state index is 12.8. The van der Waals surface area contributed by atoms with E-state index < -0.39 is 0 Å². The molecular weight excluding hydrogens is 400 g/mol. The van der Waals surface area contributed by atoms with Gasteiger partial charge in [0.25, 0.3) is 5.91 Å². The number of thiophene rings is 1. The number of pyridine rings is 1. The van der Waals surface area contributed by atoms with Crippen molar-refractivity contribution < 1.29 is 4.79 Å². The highest BCUT2D eigenvalue weighted by atomic mass is 32.2. The summed E-state index contributed by atoms with van der Waals surface area (Å²) >= 11 is 3.37. The van der Waals surface area contributed by atoms with Crippen molar-refractivity contribution in [2.24, 2.45) is 0 Å². The van der Waals surface area contributed by atoms with Gasteiger partial charge < -0.3 is 10.2 Å². The number of aromatic nitrogens is 2. The molecule has 0 saturated carbocycles. The molecule has 0 unspecified atom stereocenters. The fourth-order valence-electron chi connectivity index (χ4n) is 3.74. The number of hydrogen-bond acceptors (Lipinski definition) is 5. The Kier molecular flexibility index (Phi) is 4.77. The third-order valence-corrected chi connectivity index (χ3v) is 6.89. The summed E-state index contributed by atoms with van der Waals surface area (Å²) in [6.45, 7) is 1.97. The minimum atomic E-state index is -0.192. The largest absolute Gasteiger partial charge is 0.367 e. The summed E-state index contributed by atoms with van der Waals surface area (Å²) in [6.07, 6.45) is 4.98. The van der Waals surface area contributed by atoms with Crippen molar-refractivity contribution in [3.63, 3.8) is 0 Å². The predicted octanol–water partition coefficient (Wildman–Crippen LogP) is 4.93. The van der Waals surface area contributed by atoms with Crippen LogP contribution in [0.25, 0.3) is 5.52 Å². The number of rotatable bonds is 4. The SMILES string of the molecule is CSc1nc(C(=O)Nc2ccc(N3CCc4sccc4C3)cc2)c2ccccn12. The van der Waals surface area contributed by atoms with E-state index in [9.17, 15) is 4.79 Å². The molecule has 0 fully saturated rings. The van der Waals surface area contributed by atoms with Gasteiger partial charge in [-0.15, -0.1) is 11.3 Å². The molecule has 0 saturated heterocycles. The van der Waals surface area contributed by atoms with Crippen LogP contribution in [0.4, 0.5) is 11.4 Å². The lowest BCUT2D eigenvalue weighted by Gasteiger charge is -2.29. The van der Waals surface area contributed by atoms with Crippen molar-refractivity contribution in [2.75, 3.05) is 23.0 Å². The number of nitrogens with one attached hydrogen (secondary N) is 1. The van der Waals surface area contributed by atoms with Crippen LogP contribution < -0.4 is 10.2 Å². The van der Waals surface area contributed by atoms with Gasteiger partial charge in [-0.05, 0) is 66.1 Å². The summed E-state index contributed by atoms with van der Waals surface area (Å²) < 4.78 is 1.94. The summed E-state index contributed by atoms with van der Waals surface area (Å²) in [5.41, 5.74) is 4.63. The van der Waals surface area contributed by atoms with Crippen LogP contribution in [0.5, 0.6) is 0 Å². The van der Waals surface area contributed by atoms with Crippen LogP contribution in [0.1, 0.15) is 20.9 Å². The van der Waals surface area contributed by atoms with Gasteiger partial charge in [0.15, 0.2) is 10.9 Å². The van der Waals surface area contributed by atoms with E-state index in [1.165, 1.54) is 27.9 Å². The number of amides is 1. The summed E-state index contributed by atoms with van der Waals surface area (Å²) in [6, 6.07) is 16.1. The van der Waals surface area contributed by atoms with Gasteiger partial charge in [-0.2, -0.15) is 0 Å². The molecule has 0 atom stereocenters. The highest BCUT2D eigenvalue weighted by molar-refractivity contribution is 7.98. The first-order valence-electron chi connectivity index (χ1n) is 9.45. The van der Waals surface area contributed by atoms with Gasteiger partial charge in [0.05, 0.1) is 5.52 Å². The van der Waals surface area contributed by atoms with Gasteiger partial charge in [-0.3, -0.25) is 9.20 Å². The molecule has 146 valence electrons. The summed E-state index contributed by atoms with van der Waals surface area (Å²) in [5, 5.41) is 5.97. The van der Waals surface area contributed by atoms with Gasteiger partial charge >= 0.3 is 0 Å². The Hall–Kier alpha value is -2.77. The van der Waals surface area contributed by atoms with E-state index in [-0.39, 0.29) is 5.91 Å². The molecule has 1 aliphatic heterocycles. The van der Waals surface area contributed by atoms with Crippen LogP contribution in [-0.4, -0.2) is 28.1 Å². The molecule has 1 amide bonds. The van der Waals surface area contributed by atoms with Crippen LogP contribution in [0.3, 0.4) is 0 Å². The topological polar surface area (TPSA) is 49.6 Å². The zero-order valence-electron chi connectivity index (χ0n) is 16.0. The van der Waals surface area contributed by atoms with E-state index >= 15 is 0 Å². The van der Waals surface area contributed by atoms with Crippen LogP contribution in [0.2, 0.25) is 0 Å². The van der Waals surface area contributed by atoms with Crippen molar-refractivity contribution in [1.82, 2.24) is 9.38 Å². The van der Waals surface area contributed by atoms with Crippen LogP contribution in [0, 0.1) is 0 Å². The van der Waals surface area contributed by atoms with Crippen LogP contribution >= 0.6 is 23.1 Å². The maximum atomic E-state index is 12.8. The first kappa shape index (κ1) is 18.3. The molecule has 7 heteroatoms. The molecule has 3 aromatic heterocycles. The normalized spacial score (nSPS) is 13.5. The molecule has 1 aromatic carbocycles. The number of benzene rings is 1. The second-order valence-electron chi connectivity index (χ2n) is 6.94. The van der Waals surface area contributed by atoms with E-state index in [1.54, 1.807) is 0 Å². The van der Waals surface area contributed by atoms with Crippen molar-refractivity contribution >= 4 is 45.9 Å². The Morgan fingerprint density at radius 1 is 1.17 bits per heavy atom. The fraction of sp³-hybridized carbons (Fsp3) is 0.182. The molecule has 1 N–H and O–H groups in total. The Bertz CT molecular complexity index is 1180. The van der Waals surface area contributed by atoms with Gasteiger partial charge in [0.2, 0.25) is 0 Å². The molecule has 4 heterocycles. The van der Waals surface area contributed by atoms with E-state index in [0.717, 1.165) is 35.9 Å². The molecular formula is C22H20N4OS2. The Morgan fingerprint density at radius 2 is 2.03 bits per heavy atom. The van der Waals surface area contributed by atoms with Gasteiger partial charge in [-0.25, -0.2) is 4.98 Å². The maximum Gasteiger partial charge on any atom is 0.276 e. The average Bonchev–Trinajstić information content (AvgIpc) is 3.38. The lowest BCUT2D eigenvalue weighted by atomic mass is 10.1. The third kappa shape index (κ3) is 3.41. The number of nitrogens with zero attached hydrogens (tertiary/aromatic N) is 3.